The second kappa shape index (κ2) is 5.36. The standard InChI is InChI=1S/C13H14FN3OS/c1-8-12(19-7-16-8)6-17(2)13(18)10-5-9(14)3-4-11(10)15/h3-5,7H,6,15H2,1-2H3. The van der Waals surface area contributed by atoms with Crippen LogP contribution < -0.4 is 5.73 Å². The van der Waals surface area contributed by atoms with Crippen LogP contribution in [0.4, 0.5) is 10.1 Å². The van der Waals surface area contributed by atoms with Crippen LogP contribution in [-0.4, -0.2) is 22.8 Å². The fourth-order valence-electron chi connectivity index (χ4n) is 1.68. The molecule has 2 N–H and O–H groups in total. The van der Waals surface area contributed by atoms with Gasteiger partial charge in [0.05, 0.1) is 23.3 Å². The Balaban J connectivity index is 2.19. The molecule has 1 aromatic carbocycles. The molecular weight excluding hydrogens is 265 g/mol. The molecule has 0 aliphatic carbocycles. The van der Waals surface area contributed by atoms with E-state index in [9.17, 15) is 9.18 Å². The third kappa shape index (κ3) is 2.90. The maximum absolute atomic E-state index is 13.2. The first kappa shape index (κ1) is 13.5. The van der Waals surface area contributed by atoms with Gasteiger partial charge in [-0.15, -0.1) is 11.3 Å². The fraction of sp³-hybridized carbons (Fsp3) is 0.231. The van der Waals surface area contributed by atoms with Crippen molar-refractivity contribution in [3.05, 3.63) is 45.7 Å². The molecule has 2 rings (SSSR count). The van der Waals surface area contributed by atoms with E-state index in [1.165, 1.54) is 28.4 Å². The van der Waals surface area contributed by atoms with E-state index in [2.05, 4.69) is 4.98 Å². The molecule has 0 aliphatic heterocycles. The van der Waals surface area contributed by atoms with E-state index in [1.54, 1.807) is 12.6 Å². The van der Waals surface area contributed by atoms with Gasteiger partial charge in [-0.2, -0.15) is 0 Å². The van der Waals surface area contributed by atoms with Crippen molar-refractivity contribution in [1.29, 1.82) is 0 Å². The zero-order chi connectivity index (χ0) is 14.0. The Morgan fingerprint density at radius 3 is 2.89 bits per heavy atom. The molecule has 0 fully saturated rings. The lowest BCUT2D eigenvalue weighted by Gasteiger charge is -2.17. The highest BCUT2D eigenvalue weighted by molar-refractivity contribution is 7.09. The molecule has 1 heterocycles. The molecule has 0 spiro atoms. The first-order chi connectivity index (χ1) is 8.99. The summed E-state index contributed by atoms with van der Waals surface area (Å²) in [5, 5.41) is 0. The highest BCUT2D eigenvalue weighted by Gasteiger charge is 2.17. The smallest absolute Gasteiger partial charge is 0.256 e. The Labute approximate surface area is 114 Å². The Morgan fingerprint density at radius 1 is 1.53 bits per heavy atom. The van der Waals surface area contributed by atoms with Gasteiger partial charge in [-0.05, 0) is 25.1 Å². The zero-order valence-electron chi connectivity index (χ0n) is 10.7. The monoisotopic (exact) mass is 279 g/mol. The van der Waals surface area contributed by atoms with E-state index in [4.69, 9.17) is 5.73 Å². The Kier molecular flexibility index (Phi) is 3.80. The number of halogens is 1. The van der Waals surface area contributed by atoms with Crippen LogP contribution in [0.3, 0.4) is 0 Å². The van der Waals surface area contributed by atoms with Crippen LogP contribution in [0.5, 0.6) is 0 Å². The van der Waals surface area contributed by atoms with Gasteiger partial charge in [0.25, 0.3) is 5.91 Å². The van der Waals surface area contributed by atoms with E-state index < -0.39 is 5.82 Å². The summed E-state index contributed by atoms with van der Waals surface area (Å²) in [4.78, 5) is 18.9. The van der Waals surface area contributed by atoms with Gasteiger partial charge < -0.3 is 10.6 Å². The fourth-order valence-corrected chi connectivity index (χ4v) is 2.51. The van der Waals surface area contributed by atoms with Crippen molar-refractivity contribution >= 4 is 22.9 Å². The summed E-state index contributed by atoms with van der Waals surface area (Å²) in [5.41, 5.74) is 8.81. The maximum atomic E-state index is 13.2. The van der Waals surface area contributed by atoms with Crippen molar-refractivity contribution in [3.8, 4) is 0 Å². The Morgan fingerprint density at radius 2 is 2.26 bits per heavy atom. The van der Waals surface area contributed by atoms with Crippen molar-refractivity contribution in [2.45, 2.75) is 13.5 Å². The highest BCUT2D eigenvalue weighted by atomic mass is 32.1. The van der Waals surface area contributed by atoms with Gasteiger partial charge in [0.1, 0.15) is 5.82 Å². The average molecular weight is 279 g/mol. The molecule has 0 saturated carbocycles. The van der Waals surface area contributed by atoms with Crippen molar-refractivity contribution in [2.24, 2.45) is 0 Å². The molecule has 0 atom stereocenters. The number of carbonyl (C=O) groups excluding carboxylic acids is 1. The second-order valence-corrected chi connectivity index (χ2v) is 5.19. The van der Waals surface area contributed by atoms with Gasteiger partial charge in [0.15, 0.2) is 0 Å². The molecule has 0 unspecified atom stereocenters. The summed E-state index contributed by atoms with van der Waals surface area (Å²) in [7, 11) is 1.66. The number of nitrogens with two attached hydrogens (primary N) is 1. The van der Waals surface area contributed by atoms with Gasteiger partial charge >= 0.3 is 0 Å². The van der Waals surface area contributed by atoms with Crippen LogP contribution in [-0.2, 0) is 6.54 Å². The number of benzene rings is 1. The topological polar surface area (TPSA) is 59.2 Å². The van der Waals surface area contributed by atoms with Crippen molar-refractivity contribution in [3.63, 3.8) is 0 Å². The number of rotatable bonds is 3. The van der Waals surface area contributed by atoms with Gasteiger partial charge in [0, 0.05) is 17.6 Å². The van der Waals surface area contributed by atoms with Crippen LogP contribution >= 0.6 is 11.3 Å². The van der Waals surface area contributed by atoms with Crippen LogP contribution in [0.25, 0.3) is 0 Å². The molecule has 0 radical (unpaired) electrons. The number of aryl methyl sites for hydroxylation is 1. The van der Waals surface area contributed by atoms with Gasteiger partial charge in [-0.25, -0.2) is 9.37 Å². The van der Waals surface area contributed by atoms with Crippen LogP contribution in [0.2, 0.25) is 0 Å². The third-order valence-electron chi connectivity index (χ3n) is 2.82. The lowest BCUT2D eigenvalue weighted by atomic mass is 10.1. The molecule has 1 amide bonds. The van der Waals surface area contributed by atoms with Crippen LogP contribution in [0.15, 0.2) is 23.7 Å². The van der Waals surface area contributed by atoms with Gasteiger partial charge in [0.2, 0.25) is 0 Å². The molecule has 6 heteroatoms. The van der Waals surface area contributed by atoms with Crippen molar-refractivity contribution in [1.82, 2.24) is 9.88 Å². The van der Waals surface area contributed by atoms with Crippen molar-refractivity contribution < 1.29 is 9.18 Å². The minimum absolute atomic E-state index is 0.185. The van der Waals surface area contributed by atoms with Gasteiger partial charge in [-0.3, -0.25) is 4.79 Å². The highest BCUT2D eigenvalue weighted by Crippen LogP contribution is 2.19. The Bertz CT molecular complexity index is 612. The van der Waals surface area contributed by atoms with E-state index in [-0.39, 0.29) is 17.2 Å². The number of thiazole rings is 1. The SMILES string of the molecule is Cc1ncsc1CN(C)C(=O)c1cc(F)ccc1N. The number of nitrogen functional groups attached to an aromatic ring is 1. The lowest BCUT2D eigenvalue weighted by molar-refractivity contribution is 0.0787. The molecule has 0 aliphatic rings. The number of amides is 1. The number of nitrogens with zero attached hydrogens (tertiary/aromatic N) is 2. The predicted molar refractivity (Wildman–Crippen MR) is 73.5 cm³/mol. The number of carbonyl (C=O) groups is 1. The number of hydrogen-bond donors (Lipinski definition) is 1. The average Bonchev–Trinajstić information content (AvgIpc) is 2.77. The molecule has 0 saturated heterocycles. The minimum Gasteiger partial charge on any atom is -0.398 e. The third-order valence-corrected chi connectivity index (χ3v) is 3.74. The van der Waals surface area contributed by atoms with E-state index >= 15 is 0 Å². The number of anilines is 1. The lowest BCUT2D eigenvalue weighted by Crippen LogP contribution is -2.27. The molecule has 4 nitrogen and oxygen atoms in total. The molecular formula is C13H14FN3OS. The summed E-state index contributed by atoms with van der Waals surface area (Å²) < 4.78 is 13.2. The summed E-state index contributed by atoms with van der Waals surface area (Å²) in [5.74, 6) is -0.773. The summed E-state index contributed by atoms with van der Waals surface area (Å²) in [6, 6.07) is 3.79. The quantitative estimate of drug-likeness (QED) is 0.878. The van der Waals surface area contributed by atoms with Gasteiger partial charge in [-0.1, -0.05) is 0 Å². The number of hydrogen-bond acceptors (Lipinski definition) is 4. The summed E-state index contributed by atoms with van der Waals surface area (Å²) >= 11 is 1.49. The summed E-state index contributed by atoms with van der Waals surface area (Å²) in [6.07, 6.45) is 0. The molecule has 2 aromatic rings. The van der Waals surface area contributed by atoms with Crippen LogP contribution in [0.1, 0.15) is 20.9 Å². The zero-order valence-corrected chi connectivity index (χ0v) is 11.5. The van der Waals surface area contributed by atoms with Crippen LogP contribution in [0, 0.1) is 12.7 Å². The largest absolute Gasteiger partial charge is 0.398 e. The first-order valence-corrected chi connectivity index (χ1v) is 6.56. The maximum Gasteiger partial charge on any atom is 0.256 e. The van der Waals surface area contributed by atoms with Crippen molar-refractivity contribution in [2.75, 3.05) is 12.8 Å². The molecule has 0 bridgehead atoms. The van der Waals surface area contributed by atoms with E-state index in [0.717, 1.165) is 16.6 Å². The first-order valence-electron chi connectivity index (χ1n) is 5.68. The Hall–Kier alpha value is -1.95. The van der Waals surface area contributed by atoms with E-state index in [0.29, 0.717) is 6.54 Å². The summed E-state index contributed by atoms with van der Waals surface area (Å²) in [6.45, 7) is 2.33. The van der Waals surface area contributed by atoms with E-state index in [1.807, 2.05) is 6.92 Å². The second-order valence-electron chi connectivity index (χ2n) is 4.25. The number of aromatic nitrogens is 1. The predicted octanol–water partition coefficient (Wildman–Crippen LogP) is 2.45. The minimum atomic E-state index is -0.472. The molecule has 100 valence electrons. The molecule has 1 aromatic heterocycles. The molecule has 19 heavy (non-hydrogen) atoms. The normalized spacial score (nSPS) is 10.5.